The van der Waals surface area contributed by atoms with Gasteiger partial charge in [-0.1, -0.05) is 25.5 Å². The Kier molecular flexibility index (Phi) is 6.37. The summed E-state index contributed by atoms with van der Waals surface area (Å²) in [4.78, 5) is 36.9. The van der Waals surface area contributed by atoms with E-state index in [1.807, 2.05) is 20.8 Å². The first-order valence-corrected chi connectivity index (χ1v) is 11.3. The zero-order chi connectivity index (χ0) is 24.1. The Morgan fingerprint density at radius 1 is 1.09 bits per heavy atom. The third-order valence-corrected chi connectivity index (χ3v) is 8.41. The molecule has 0 aromatic carbocycles. The van der Waals surface area contributed by atoms with Gasteiger partial charge in [-0.05, 0) is 50.5 Å². The Balaban J connectivity index is 2.25. The molecule has 0 aromatic rings. The Morgan fingerprint density at radius 3 is 2.25 bits per heavy atom. The summed E-state index contributed by atoms with van der Waals surface area (Å²) in [5.41, 5.74) is -0.490. The maximum atomic E-state index is 12.9. The first kappa shape index (κ1) is 24.5. The van der Waals surface area contributed by atoms with Crippen LogP contribution < -0.4 is 0 Å². The SMILES string of the molecule is C=C[C@@]1(C)CCC2=C(C(O)C[C@@H]3[C@]2(C)[C@@H](OC(C)=O)CC[C@@]3(C)C(=O)OC)[C@H]1OC(C)=O. The first-order valence-electron chi connectivity index (χ1n) is 11.3. The number of ether oxygens (including phenoxy) is 3. The normalized spacial score (nSPS) is 41.1. The molecule has 1 fully saturated rings. The lowest BCUT2D eigenvalue weighted by Gasteiger charge is -2.60. The summed E-state index contributed by atoms with van der Waals surface area (Å²) in [6, 6.07) is 0. The van der Waals surface area contributed by atoms with Crippen molar-refractivity contribution in [3.8, 4) is 0 Å². The highest BCUT2D eigenvalue weighted by Gasteiger charge is 2.64. The summed E-state index contributed by atoms with van der Waals surface area (Å²) in [6.45, 7) is 12.6. The molecule has 32 heavy (non-hydrogen) atoms. The molecular weight excluding hydrogens is 412 g/mol. The van der Waals surface area contributed by atoms with E-state index in [0.29, 0.717) is 31.3 Å². The van der Waals surface area contributed by atoms with Gasteiger partial charge >= 0.3 is 17.9 Å². The van der Waals surface area contributed by atoms with Gasteiger partial charge in [-0.2, -0.15) is 0 Å². The number of methoxy groups -OCH3 is 1. The molecule has 3 aliphatic carbocycles. The van der Waals surface area contributed by atoms with E-state index < -0.39 is 40.5 Å². The van der Waals surface area contributed by atoms with Gasteiger partial charge in [-0.25, -0.2) is 0 Å². The second-order valence-electron chi connectivity index (χ2n) is 10.3. The van der Waals surface area contributed by atoms with E-state index in [2.05, 4.69) is 6.58 Å². The van der Waals surface area contributed by atoms with E-state index in [9.17, 15) is 19.5 Å². The standard InChI is InChI=1S/C25H36O7/c1-8-23(4)11-9-16-20(21(23)32-15(3)27)17(28)13-18-24(5,22(29)30-7)12-10-19(25(16,18)6)31-14(2)26/h8,17-19,21,28H,1,9-13H2,2-7H3/t17?,18-,19-,21+,23-,24+,25+/m0/s1. The molecule has 3 aliphatic rings. The molecule has 3 rings (SSSR count). The van der Waals surface area contributed by atoms with E-state index >= 15 is 0 Å². The second kappa shape index (κ2) is 8.32. The molecule has 0 amide bonds. The zero-order valence-corrected chi connectivity index (χ0v) is 20.0. The van der Waals surface area contributed by atoms with E-state index in [1.54, 1.807) is 6.08 Å². The molecule has 1 unspecified atom stereocenters. The quantitative estimate of drug-likeness (QED) is 0.399. The minimum Gasteiger partial charge on any atom is -0.469 e. The van der Waals surface area contributed by atoms with Crippen LogP contribution in [0.25, 0.3) is 0 Å². The fraction of sp³-hybridized carbons (Fsp3) is 0.720. The van der Waals surface area contributed by atoms with Crippen molar-refractivity contribution in [3.63, 3.8) is 0 Å². The number of aliphatic hydroxyl groups excluding tert-OH is 1. The number of esters is 3. The summed E-state index contributed by atoms with van der Waals surface area (Å²) < 4.78 is 16.8. The van der Waals surface area contributed by atoms with Gasteiger partial charge in [0.15, 0.2) is 0 Å². The average Bonchev–Trinajstić information content (AvgIpc) is 2.72. The molecule has 0 heterocycles. The van der Waals surface area contributed by atoms with Crippen molar-refractivity contribution in [1.82, 2.24) is 0 Å². The van der Waals surface area contributed by atoms with Gasteiger partial charge in [-0.3, -0.25) is 14.4 Å². The van der Waals surface area contributed by atoms with Gasteiger partial charge in [0, 0.05) is 24.7 Å². The van der Waals surface area contributed by atoms with Crippen molar-refractivity contribution in [2.75, 3.05) is 7.11 Å². The average molecular weight is 449 g/mol. The molecule has 7 atom stereocenters. The number of carbonyl (C=O) groups excluding carboxylic acids is 3. The third-order valence-electron chi connectivity index (χ3n) is 8.41. The molecule has 0 bridgehead atoms. The number of rotatable bonds is 4. The molecular formula is C25H36O7. The monoisotopic (exact) mass is 448 g/mol. The number of aliphatic hydroxyl groups is 1. The number of hydrogen-bond donors (Lipinski definition) is 1. The summed E-state index contributed by atoms with van der Waals surface area (Å²) >= 11 is 0. The fourth-order valence-electron chi connectivity index (χ4n) is 6.62. The highest BCUT2D eigenvalue weighted by atomic mass is 16.6. The lowest BCUT2D eigenvalue weighted by atomic mass is 9.45. The third kappa shape index (κ3) is 3.58. The van der Waals surface area contributed by atoms with Crippen LogP contribution in [0.3, 0.4) is 0 Å². The van der Waals surface area contributed by atoms with Crippen LogP contribution in [0.4, 0.5) is 0 Å². The maximum Gasteiger partial charge on any atom is 0.311 e. The van der Waals surface area contributed by atoms with Crippen molar-refractivity contribution in [2.45, 2.75) is 85.0 Å². The molecule has 7 nitrogen and oxygen atoms in total. The van der Waals surface area contributed by atoms with Crippen LogP contribution in [0.5, 0.6) is 0 Å². The molecule has 0 aliphatic heterocycles. The summed E-state index contributed by atoms with van der Waals surface area (Å²) in [7, 11) is 1.37. The smallest absolute Gasteiger partial charge is 0.311 e. The van der Waals surface area contributed by atoms with Crippen LogP contribution in [-0.2, 0) is 28.6 Å². The van der Waals surface area contributed by atoms with Crippen LogP contribution in [0.1, 0.15) is 66.7 Å². The summed E-state index contributed by atoms with van der Waals surface area (Å²) in [6.07, 6.45) is 2.32. The number of fused-ring (bicyclic) bond motifs is 2. The van der Waals surface area contributed by atoms with Gasteiger partial charge in [-0.15, -0.1) is 6.58 Å². The van der Waals surface area contributed by atoms with Gasteiger partial charge in [0.25, 0.3) is 0 Å². The molecule has 1 N–H and O–H groups in total. The van der Waals surface area contributed by atoms with Crippen molar-refractivity contribution in [2.24, 2.45) is 22.2 Å². The van der Waals surface area contributed by atoms with E-state index in [1.165, 1.54) is 21.0 Å². The molecule has 1 saturated carbocycles. The zero-order valence-electron chi connectivity index (χ0n) is 20.0. The van der Waals surface area contributed by atoms with Crippen LogP contribution >= 0.6 is 0 Å². The first-order chi connectivity index (χ1) is 14.8. The highest BCUT2D eigenvalue weighted by Crippen LogP contribution is 2.64. The van der Waals surface area contributed by atoms with Gasteiger partial charge in [0.2, 0.25) is 0 Å². The van der Waals surface area contributed by atoms with Crippen molar-refractivity contribution in [3.05, 3.63) is 23.8 Å². The Labute approximate surface area is 190 Å². The van der Waals surface area contributed by atoms with Crippen LogP contribution in [-0.4, -0.2) is 48.4 Å². The predicted octanol–water partition coefficient (Wildman–Crippen LogP) is 3.49. The van der Waals surface area contributed by atoms with Crippen LogP contribution in [0.2, 0.25) is 0 Å². The molecule has 0 saturated heterocycles. The lowest BCUT2D eigenvalue weighted by molar-refractivity contribution is -0.184. The predicted molar refractivity (Wildman–Crippen MR) is 117 cm³/mol. The van der Waals surface area contributed by atoms with Gasteiger partial charge < -0.3 is 19.3 Å². The Morgan fingerprint density at radius 2 is 1.72 bits per heavy atom. The Hall–Kier alpha value is -2.15. The Bertz CT molecular complexity index is 860. The van der Waals surface area contributed by atoms with Gasteiger partial charge in [0.1, 0.15) is 12.2 Å². The minimum atomic E-state index is -0.896. The minimum absolute atomic E-state index is 0.281. The second-order valence-corrected chi connectivity index (χ2v) is 10.3. The van der Waals surface area contributed by atoms with Crippen LogP contribution in [0, 0.1) is 22.2 Å². The molecule has 178 valence electrons. The fourth-order valence-corrected chi connectivity index (χ4v) is 6.62. The molecule has 0 aromatic heterocycles. The molecule has 0 radical (unpaired) electrons. The van der Waals surface area contributed by atoms with Crippen molar-refractivity contribution < 1.29 is 33.7 Å². The highest BCUT2D eigenvalue weighted by molar-refractivity contribution is 5.77. The van der Waals surface area contributed by atoms with E-state index in [-0.39, 0.29) is 24.3 Å². The topological polar surface area (TPSA) is 99.1 Å². The van der Waals surface area contributed by atoms with Crippen molar-refractivity contribution >= 4 is 17.9 Å². The molecule has 7 heteroatoms. The lowest BCUT2D eigenvalue weighted by Crippen LogP contribution is -2.61. The maximum absolute atomic E-state index is 12.9. The molecule has 0 spiro atoms. The number of carbonyl (C=O) groups is 3. The number of hydrogen-bond acceptors (Lipinski definition) is 7. The summed E-state index contributed by atoms with van der Waals surface area (Å²) in [5.74, 6) is -1.45. The van der Waals surface area contributed by atoms with Gasteiger partial charge in [0.05, 0.1) is 18.6 Å². The largest absolute Gasteiger partial charge is 0.469 e. The van der Waals surface area contributed by atoms with E-state index in [0.717, 1.165) is 5.57 Å². The van der Waals surface area contributed by atoms with Crippen LogP contribution in [0.15, 0.2) is 23.8 Å². The summed E-state index contributed by atoms with van der Waals surface area (Å²) in [5, 5.41) is 11.4. The van der Waals surface area contributed by atoms with Crippen molar-refractivity contribution in [1.29, 1.82) is 0 Å². The van der Waals surface area contributed by atoms with E-state index in [4.69, 9.17) is 14.2 Å².